The molecule has 0 bridgehead atoms. The zero-order valence-electron chi connectivity index (χ0n) is 3.95. The summed E-state index contributed by atoms with van der Waals surface area (Å²) >= 11 is 0. The molecule has 0 amide bonds. The minimum absolute atomic E-state index is 0. The predicted molar refractivity (Wildman–Crippen MR) is 9.35 cm³/mol. The van der Waals surface area contributed by atoms with Gasteiger partial charge in [-0.3, -0.25) is 0 Å². The van der Waals surface area contributed by atoms with Crippen LogP contribution >= 0.6 is 0 Å². The Bertz CT molecular complexity index is 28.5. The summed E-state index contributed by atoms with van der Waals surface area (Å²) in [7, 11) is -4.69. The third kappa shape index (κ3) is 282. The van der Waals surface area contributed by atoms with E-state index >= 15 is 0 Å². The fourth-order valence-electron chi connectivity index (χ4n) is 0. The van der Waals surface area contributed by atoms with Gasteiger partial charge >= 0.3 is 40.1 Å². The largest absolute Gasteiger partial charge is 2.00 e. The molecular formula is HClMgMnO6. The molecule has 0 aromatic carbocycles. The first-order valence-electron chi connectivity index (χ1n) is 0.632. The summed E-state index contributed by atoms with van der Waals surface area (Å²) < 4.78 is 32.7. The van der Waals surface area contributed by atoms with E-state index in [2.05, 4.69) is 0 Å². The maximum Gasteiger partial charge on any atom is 2.00 e. The van der Waals surface area contributed by atoms with E-state index in [0.717, 1.165) is 0 Å². The molecule has 0 unspecified atom stereocenters. The molecule has 0 heterocycles. The average molecular weight is 212 g/mol. The van der Waals surface area contributed by atoms with Crippen molar-refractivity contribution < 1.29 is 56.9 Å². The van der Waals surface area contributed by atoms with Crippen molar-refractivity contribution in [2.75, 3.05) is 0 Å². The molecule has 1 radical (unpaired) electrons. The van der Waals surface area contributed by atoms with Crippen LogP contribution in [-0.2, 0) is 28.0 Å². The Morgan fingerprint density at radius 1 is 1.00 bits per heavy atom. The summed E-state index contributed by atoms with van der Waals surface area (Å²) in [5, 5.41) is 0. The molecule has 0 atom stereocenters. The first-order valence-corrected chi connectivity index (χ1v) is 1.90. The normalized spacial score (nSPS) is 6.67. The number of hydrogen-bond donors (Lipinski definition) is 1. The molecule has 6 nitrogen and oxygen atoms in total. The zero-order valence-corrected chi connectivity index (χ0v) is 7.30. The summed E-state index contributed by atoms with van der Waals surface area (Å²) in [4.78, 5) is 0. The van der Waals surface area contributed by atoms with E-state index in [1.807, 2.05) is 0 Å². The van der Waals surface area contributed by atoms with E-state index in [0.29, 0.717) is 0 Å². The monoisotopic (exact) mass is 211 g/mol. The van der Waals surface area contributed by atoms with Crippen molar-refractivity contribution in [3.8, 4) is 0 Å². The van der Waals surface area contributed by atoms with Gasteiger partial charge in [0.05, 0.1) is 14.9 Å². The van der Waals surface area contributed by atoms with Crippen molar-refractivity contribution in [1.82, 2.24) is 0 Å². The minimum atomic E-state index is -4.69. The van der Waals surface area contributed by atoms with E-state index in [-0.39, 0.29) is 51.1 Å². The van der Waals surface area contributed by atoms with Crippen LogP contribution in [0.4, 0.5) is 0 Å². The van der Waals surface area contributed by atoms with Gasteiger partial charge in [-0.2, -0.15) is 14.0 Å². The Hall–Kier alpha value is 1.34. The molecule has 1 N–H and O–H groups in total. The summed E-state index contributed by atoms with van der Waals surface area (Å²) in [5.41, 5.74) is 0. The van der Waals surface area contributed by atoms with Crippen LogP contribution < -0.4 is 14.0 Å². The van der Waals surface area contributed by atoms with Gasteiger partial charge in [0.25, 0.3) is 0 Å². The summed E-state index contributed by atoms with van der Waals surface area (Å²) in [5.74, 6) is 0. The quantitative estimate of drug-likeness (QED) is 0.401. The fourth-order valence-corrected chi connectivity index (χ4v) is 0. The second kappa shape index (κ2) is 12.1. The van der Waals surface area contributed by atoms with Gasteiger partial charge in [-0.15, -0.1) is 0 Å². The van der Waals surface area contributed by atoms with Crippen LogP contribution in [0.15, 0.2) is 0 Å². The zero-order chi connectivity index (χ0) is 4.50. The number of hydrogen-bond acceptors (Lipinski definition) is 4. The molecule has 0 aliphatic rings. The Kier molecular flexibility index (Phi) is 42.4. The minimum Gasteiger partial charge on any atom is -2.00 e. The summed E-state index contributed by atoms with van der Waals surface area (Å²) in [6.45, 7) is 0. The Labute approximate surface area is 79.8 Å². The second-order valence-corrected chi connectivity index (χ2v) is 1.19. The first-order chi connectivity index (χ1) is 2.00. The molecule has 0 rings (SSSR count). The van der Waals surface area contributed by atoms with E-state index in [4.69, 9.17) is 18.6 Å². The van der Waals surface area contributed by atoms with Crippen LogP contribution in [0.1, 0.15) is 0 Å². The molecule has 0 fully saturated rings. The second-order valence-electron chi connectivity index (χ2n) is 0.396. The van der Waals surface area contributed by atoms with Crippen LogP contribution in [-0.4, -0.2) is 27.7 Å². The van der Waals surface area contributed by atoms with Gasteiger partial charge < -0.3 is 11.0 Å². The van der Waals surface area contributed by atoms with Crippen molar-refractivity contribution in [1.29, 1.82) is 0 Å². The van der Waals surface area contributed by atoms with E-state index in [1.54, 1.807) is 0 Å². The SMILES string of the molecule is [Mg+2].[Mn+2].[O-2].[O-2].[O-][Cl+3]([O-])([O-])O. The molecule has 0 aliphatic heterocycles. The average Bonchev–Trinajstić information content (AvgIpc) is 0.722. The third-order valence-electron chi connectivity index (χ3n) is 0. The van der Waals surface area contributed by atoms with E-state index in [9.17, 15) is 0 Å². The van der Waals surface area contributed by atoms with Crippen molar-refractivity contribution in [2.24, 2.45) is 0 Å². The maximum absolute atomic E-state index is 8.60. The summed E-state index contributed by atoms with van der Waals surface area (Å²) in [6, 6.07) is 0. The van der Waals surface area contributed by atoms with Gasteiger partial charge in [-0.05, 0) is 0 Å². The van der Waals surface area contributed by atoms with Crippen molar-refractivity contribution in [3.63, 3.8) is 0 Å². The topological polar surface area (TPSA) is 146 Å². The van der Waals surface area contributed by atoms with Crippen LogP contribution in [0.2, 0.25) is 0 Å². The number of rotatable bonds is 0. The van der Waals surface area contributed by atoms with E-state index in [1.165, 1.54) is 0 Å². The molecule has 0 saturated heterocycles. The standard InChI is InChI=1S/ClHO4.Mg.Mn.2O/c2-1(3,4)5;;;;/h(H,2,3,4,5);;;;/q;2*+2;2*-2. The molecule has 53 valence electrons. The van der Waals surface area contributed by atoms with Crippen molar-refractivity contribution in [3.05, 3.63) is 0 Å². The number of halogens is 1. The van der Waals surface area contributed by atoms with Crippen LogP contribution in [0.5, 0.6) is 0 Å². The van der Waals surface area contributed by atoms with Gasteiger partial charge in [0.1, 0.15) is 0 Å². The van der Waals surface area contributed by atoms with Gasteiger partial charge in [0, 0.05) is 0 Å². The van der Waals surface area contributed by atoms with Crippen molar-refractivity contribution in [2.45, 2.75) is 0 Å². The molecule has 0 aliphatic carbocycles. The molecule has 0 aromatic heterocycles. The van der Waals surface area contributed by atoms with Crippen LogP contribution in [0, 0.1) is 10.2 Å². The van der Waals surface area contributed by atoms with Gasteiger partial charge in [-0.1, -0.05) is 0 Å². The Balaban J connectivity index is -0.0000000133. The third-order valence-corrected chi connectivity index (χ3v) is 0. The van der Waals surface area contributed by atoms with Gasteiger partial charge in [0.2, 0.25) is 0 Å². The Morgan fingerprint density at radius 3 is 1.00 bits per heavy atom. The predicted octanol–water partition coefficient (Wildman–Crippen LogP) is -4.74. The molecule has 0 aromatic rings. The molecule has 9 heteroatoms. The van der Waals surface area contributed by atoms with Gasteiger partial charge in [0.15, 0.2) is 0 Å². The smallest absolute Gasteiger partial charge is 2.00 e. The summed E-state index contributed by atoms with van der Waals surface area (Å²) in [6.07, 6.45) is 0. The maximum atomic E-state index is 8.60. The fraction of sp³-hybridized carbons (Fsp3) is 0. The molecule has 9 heavy (non-hydrogen) atoms. The van der Waals surface area contributed by atoms with Crippen LogP contribution in [0.3, 0.4) is 0 Å². The van der Waals surface area contributed by atoms with Crippen molar-refractivity contribution >= 4 is 23.1 Å². The molecule has 0 saturated carbocycles. The molecule has 0 spiro atoms. The van der Waals surface area contributed by atoms with Gasteiger partial charge in [-0.25, -0.2) is 0 Å². The van der Waals surface area contributed by atoms with Crippen LogP contribution in [0.25, 0.3) is 0 Å². The Morgan fingerprint density at radius 2 is 1.00 bits per heavy atom. The van der Waals surface area contributed by atoms with E-state index < -0.39 is 10.2 Å². The molecular weight excluding hydrogens is 211 g/mol. The first kappa shape index (κ1) is 31.6.